The minimum absolute atomic E-state index is 0.0423. The van der Waals surface area contributed by atoms with Gasteiger partial charge in [0.15, 0.2) is 0 Å². The van der Waals surface area contributed by atoms with Gasteiger partial charge in [-0.2, -0.15) is 0 Å². The molecule has 13 heavy (non-hydrogen) atoms. The first-order valence-corrected chi connectivity index (χ1v) is 4.89. The summed E-state index contributed by atoms with van der Waals surface area (Å²) in [5.74, 6) is 0.200. The summed E-state index contributed by atoms with van der Waals surface area (Å²) in [6.07, 6.45) is 0.339. The number of hydrogen-bond acceptors (Lipinski definition) is 2. The topological polar surface area (TPSA) is 29.5 Å². The van der Waals surface area contributed by atoms with E-state index in [1.54, 1.807) is 6.07 Å². The Bertz CT molecular complexity index is 302. The number of rotatable bonds is 3. The molecule has 0 unspecified atom stereocenters. The lowest BCUT2D eigenvalue weighted by molar-refractivity contribution is 0.297. The number of aliphatic hydroxyl groups excluding tert-OH is 1. The largest absolute Gasteiger partial charge is 0.496 e. The minimum Gasteiger partial charge on any atom is -0.496 e. The van der Waals surface area contributed by atoms with Gasteiger partial charge in [-0.15, -0.1) is 0 Å². The van der Waals surface area contributed by atoms with E-state index in [2.05, 4.69) is 22.6 Å². The van der Waals surface area contributed by atoms with Crippen molar-refractivity contribution >= 4 is 22.6 Å². The van der Waals surface area contributed by atoms with Crippen molar-refractivity contribution in [2.75, 3.05) is 13.7 Å². The van der Waals surface area contributed by atoms with Gasteiger partial charge in [-0.05, 0) is 40.6 Å². The fourth-order valence-electron chi connectivity index (χ4n) is 1.04. The third kappa shape index (κ3) is 2.54. The Morgan fingerprint density at radius 2 is 2.23 bits per heavy atom. The fraction of sp³-hybridized carbons (Fsp3) is 0.333. The van der Waals surface area contributed by atoms with Crippen molar-refractivity contribution in [3.63, 3.8) is 0 Å². The molecule has 4 heteroatoms. The highest BCUT2D eigenvalue weighted by atomic mass is 127. The van der Waals surface area contributed by atoms with Gasteiger partial charge >= 0.3 is 0 Å². The molecule has 0 saturated heterocycles. The standard InChI is InChI=1S/C9H10FIO2/c1-13-9-5-7(10)6(2-3-12)4-8(9)11/h4-5,12H,2-3H2,1H3. The molecule has 0 atom stereocenters. The summed E-state index contributed by atoms with van der Waals surface area (Å²) in [5.41, 5.74) is 0.521. The van der Waals surface area contributed by atoms with Crippen molar-refractivity contribution < 1.29 is 14.2 Å². The van der Waals surface area contributed by atoms with Crippen LogP contribution in [0.2, 0.25) is 0 Å². The van der Waals surface area contributed by atoms with Crippen LogP contribution in [-0.2, 0) is 6.42 Å². The van der Waals surface area contributed by atoms with Gasteiger partial charge in [-0.3, -0.25) is 0 Å². The Kier molecular flexibility index (Phi) is 3.92. The van der Waals surface area contributed by atoms with Crippen LogP contribution in [0, 0.1) is 9.39 Å². The second-order valence-corrected chi connectivity index (χ2v) is 3.71. The number of benzene rings is 1. The van der Waals surface area contributed by atoms with Crippen LogP contribution in [-0.4, -0.2) is 18.8 Å². The predicted octanol–water partition coefficient (Wildman–Crippen LogP) is 1.97. The molecule has 0 amide bonds. The lowest BCUT2D eigenvalue weighted by atomic mass is 10.1. The number of aliphatic hydroxyl groups is 1. The van der Waals surface area contributed by atoms with E-state index in [0.29, 0.717) is 17.7 Å². The molecular formula is C9H10FIO2. The first-order valence-electron chi connectivity index (χ1n) is 3.81. The quantitative estimate of drug-likeness (QED) is 0.864. The maximum atomic E-state index is 13.2. The van der Waals surface area contributed by atoms with Gasteiger partial charge in [0.1, 0.15) is 11.6 Å². The minimum atomic E-state index is -0.327. The van der Waals surface area contributed by atoms with E-state index < -0.39 is 0 Å². The molecule has 0 bridgehead atoms. The van der Waals surface area contributed by atoms with E-state index in [4.69, 9.17) is 9.84 Å². The zero-order valence-electron chi connectivity index (χ0n) is 7.18. The maximum absolute atomic E-state index is 13.2. The van der Waals surface area contributed by atoms with E-state index in [1.807, 2.05) is 0 Å². The lowest BCUT2D eigenvalue weighted by Gasteiger charge is -2.06. The Labute approximate surface area is 89.9 Å². The molecule has 1 N–H and O–H groups in total. The van der Waals surface area contributed by atoms with Crippen LogP contribution in [0.1, 0.15) is 5.56 Å². The van der Waals surface area contributed by atoms with E-state index in [1.165, 1.54) is 13.2 Å². The van der Waals surface area contributed by atoms with Crippen molar-refractivity contribution in [1.29, 1.82) is 0 Å². The number of ether oxygens (including phenoxy) is 1. The van der Waals surface area contributed by atoms with Crippen LogP contribution in [0.3, 0.4) is 0 Å². The Morgan fingerprint density at radius 3 is 2.77 bits per heavy atom. The molecule has 0 aliphatic heterocycles. The number of methoxy groups -OCH3 is 1. The highest BCUT2D eigenvalue weighted by Crippen LogP contribution is 2.24. The molecule has 0 radical (unpaired) electrons. The summed E-state index contributed by atoms with van der Waals surface area (Å²) in [5, 5.41) is 8.66. The molecule has 0 saturated carbocycles. The summed E-state index contributed by atoms with van der Waals surface area (Å²) >= 11 is 2.07. The molecule has 0 aromatic heterocycles. The third-order valence-electron chi connectivity index (χ3n) is 1.70. The zero-order valence-corrected chi connectivity index (χ0v) is 9.34. The average molecular weight is 296 g/mol. The second-order valence-electron chi connectivity index (χ2n) is 2.55. The van der Waals surface area contributed by atoms with Crippen molar-refractivity contribution in [3.05, 3.63) is 27.1 Å². The van der Waals surface area contributed by atoms with E-state index in [9.17, 15) is 4.39 Å². The van der Waals surface area contributed by atoms with Crippen LogP contribution < -0.4 is 4.74 Å². The van der Waals surface area contributed by atoms with Crippen LogP contribution in [0.15, 0.2) is 12.1 Å². The molecule has 1 rings (SSSR count). The van der Waals surface area contributed by atoms with Crippen molar-refractivity contribution in [2.45, 2.75) is 6.42 Å². The molecule has 1 aromatic rings. The Balaban J connectivity index is 3.05. The van der Waals surface area contributed by atoms with Crippen molar-refractivity contribution in [3.8, 4) is 5.75 Å². The van der Waals surface area contributed by atoms with Gasteiger partial charge in [0.05, 0.1) is 10.7 Å². The van der Waals surface area contributed by atoms with Crippen LogP contribution in [0.5, 0.6) is 5.75 Å². The van der Waals surface area contributed by atoms with Crippen molar-refractivity contribution in [2.24, 2.45) is 0 Å². The molecule has 1 aromatic carbocycles. The Hall–Kier alpha value is -0.360. The molecule has 72 valence electrons. The lowest BCUT2D eigenvalue weighted by Crippen LogP contribution is -1.97. The van der Waals surface area contributed by atoms with E-state index in [0.717, 1.165) is 3.57 Å². The molecule has 2 nitrogen and oxygen atoms in total. The maximum Gasteiger partial charge on any atom is 0.135 e. The molecule has 0 heterocycles. The summed E-state index contributed by atoms with van der Waals surface area (Å²) in [6, 6.07) is 3.03. The number of halogens is 2. The highest BCUT2D eigenvalue weighted by Gasteiger charge is 2.07. The van der Waals surface area contributed by atoms with Gasteiger partial charge < -0.3 is 9.84 Å². The third-order valence-corrected chi connectivity index (χ3v) is 2.54. The van der Waals surface area contributed by atoms with Gasteiger partial charge in [0, 0.05) is 12.7 Å². The highest BCUT2D eigenvalue weighted by molar-refractivity contribution is 14.1. The molecular weight excluding hydrogens is 286 g/mol. The smallest absolute Gasteiger partial charge is 0.135 e. The monoisotopic (exact) mass is 296 g/mol. The van der Waals surface area contributed by atoms with Crippen LogP contribution >= 0.6 is 22.6 Å². The summed E-state index contributed by atoms with van der Waals surface area (Å²) < 4.78 is 19.0. The summed E-state index contributed by atoms with van der Waals surface area (Å²) in [7, 11) is 1.50. The van der Waals surface area contributed by atoms with Crippen LogP contribution in [0.4, 0.5) is 4.39 Å². The van der Waals surface area contributed by atoms with Crippen molar-refractivity contribution in [1.82, 2.24) is 0 Å². The molecule has 0 fully saturated rings. The van der Waals surface area contributed by atoms with Gasteiger partial charge in [-0.1, -0.05) is 0 Å². The molecule has 0 aliphatic carbocycles. The van der Waals surface area contributed by atoms with E-state index >= 15 is 0 Å². The number of hydrogen-bond donors (Lipinski definition) is 1. The first-order chi connectivity index (χ1) is 6.19. The average Bonchev–Trinajstić information content (AvgIpc) is 2.11. The summed E-state index contributed by atoms with van der Waals surface area (Å²) in [6.45, 7) is -0.0423. The zero-order chi connectivity index (χ0) is 9.84. The van der Waals surface area contributed by atoms with Gasteiger partial charge in [0.25, 0.3) is 0 Å². The Morgan fingerprint density at radius 1 is 1.54 bits per heavy atom. The normalized spacial score (nSPS) is 10.2. The summed E-state index contributed by atoms with van der Waals surface area (Å²) in [4.78, 5) is 0. The second kappa shape index (κ2) is 4.76. The fourth-order valence-corrected chi connectivity index (χ4v) is 1.79. The molecule has 0 aliphatic rings. The predicted molar refractivity (Wildman–Crippen MR) is 56.5 cm³/mol. The first kappa shape index (κ1) is 10.7. The van der Waals surface area contributed by atoms with Gasteiger partial charge in [-0.25, -0.2) is 4.39 Å². The SMILES string of the molecule is COc1cc(F)c(CCO)cc1I. The van der Waals surface area contributed by atoms with E-state index in [-0.39, 0.29) is 12.4 Å². The molecule has 0 spiro atoms. The van der Waals surface area contributed by atoms with Gasteiger partial charge in [0.2, 0.25) is 0 Å². The van der Waals surface area contributed by atoms with Crippen LogP contribution in [0.25, 0.3) is 0 Å².